The third kappa shape index (κ3) is 3.47. The van der Waals surface area contributed by atoms with Crippen LogP contribution in [0.3, 0.4) is 0 Å². The van der Waals surface area contributed by atoms with Gasteiger partial charge in [-0.1, -0.05) is 0 Å². The lowest BCUT2D eigenvalue weighted by Crippen LogP contribution is -2.67. The Morgan fingerprint density at radius 3 is 2.42 bits per heavy atom. The maximum absolute atomic E-state index is 13.5. The molecule has 2 saturated heterocycles. The molecule has 2 aliphatic heterocycles. The van der Waals surface area contributed by atoms with Crippen LogP contribution in [-0.4, -0.2) is 69.2 Å². The topological polar surface area (TPSA) is 70.5 Å². The molecule has 0 saturated carbocycles. The van der Waals surface area contributed by atoms with E-state index in [4.69, 9.17) is 0 Å². The van der Waals surface area contributed by atoms with Gasteiger partial charge in [0.05, 0.1) is 12.1 Å². The lowest BCUT2D eigenvalue weighted by atomic mass is 9.85. The molecule has 146 valence electrons. The molecule has 1 aromatic rings. The first-order valence-electron chi connectivity index (χ1n) is 9.10. The molecule has 0 aliphatic carbocycles. The van der Waals surface area contributed by atoms with E-state index >= 15 is 0 Å². The van der Waals surface area contributed by atoms with Gasteiger partial charge >= 0.3 is 0 Å². The van der Waals surface area contributed by atoms with Gasteiger partial charge in [0.2, 0.25) is 5.91 Å². The van der Waals surface area contributed by atoms with Gasteiger partial charge in [0.15, 0.2) is 0 Å². The number of nitrogens with zero attached hydrogens (tertiary/aromatic N) is 4. The zero-order chi connectivity index (χ0) is 18.2. The van der Waals surface area contributed by atoms with Gasteiger partial charge in [-0.2, -0.15) is 5.10 Å². The highest BCUT2D eigenvalue weighted by Crippen LogP contribution is 2.32. The Morgan fingerprint density at radius 1 is 1.27 bits per heavy atom. The second-order valence-electron chi connectivity index (χ2n) is 8.06. The molecule has 1 aromatic heterocycles. The van der Waals surface area contributed by atoms with Gasteiger partial charge in [0.25, 0.3) is 5.91 Å². The molecule has 7 nitrogen and oxygen atoms in total. The first kappa shape index (κ1) is 20.7. The van der Waals surface area contributed by atoms with Gasteiger partial charge in [0.1, 0.15) is 5.54 Å². The Labute approximate surface area is 161 Å². The summed E-state index contributed by atoms with van der Waals surface area (Å²) in [6.07, 6.45) is 4.95. The average Bonchev–Trinajstić information content (AvgIpc) is 3.07. The molecule has 2 amide bonds. The molecule has 0 bridgehead atoms. The summed E-state index contributed by atoms with van der Waals surface area (Å²) < 4.78 is 1.79. The Hall–Kier alpha value is -1.60. The maximum Gasteiger partial charge on any atom is 0.251 e. The molecule has 0 atom stereocenters. The summed E-state index contributed by atoms with van der Waals surface area (Å²) in [4.78, 5) is 29.9. The van der Waals surface area contributed by atoms with Gasteiger partial charge < -0.3 is 15.1 Å². The normalized spacial score (nSPS) is 22.3. The van der Waals surface area contributed by atoms with Crippen molar-refractivity contribution in [1.82, 2.24) is 24.9 Å². The first-order chi connectivity index (χ1) is 11.8. The third-order valence-electron chi connectivity index (χ3n) is 5.40. The zero-order valence-corrected chi connectivity index (χ0v) is 16.9. The molecule has 0 unspecified atom stereocenters. The number of carbonyl (C=O) groups is 2. The molecule has 1 N–H and O–H groups in total. The van der Waals surface area contributed by atoms with E-state index in [-0.39, 0.29) is 42.3 Å². The van der Waals surface area contributed by atoms with Crippen molar-refractivity contribution in [2.75, 3.05) is 26.2 Å². The van der Waals surface area contributed by atoms with E-state index in [0.29, 0.717) is 19.4 Å². The third-order valence-corrected chi connectivity index (χ3v) is 5.40. The number of halogens is 1. The number of carbonyl (C=O) groups excluding carboxylic acids is 2. The number of piperidine rings is 1. The first-order valence-corrected chi connectivity index (χ1v) is 9.10. The smallest absolute Gasteiger partial charge is 0.251 e. The fraction of sp³-hybridized carbons (Fsp3) is 0.722. The van der Waals surface area contributed by atoms with Gasteiger partial charge in [-0.05, 0) is 59.7 Å². The summed E-state index contributed by atoms with van der Waals surface area (Å²) in [6.45, 7) is 10.4. The van der Waals surface area contributed by atoms with Crippen LogP contribution in [0.1, 0.15) is 40.5 Å². The van der Waals surface area contributed by atoms with Crippen molar-refractivity contribution in [3.8, 4) is 0 Å². The molecule has 0 radical (unpaired) electrons. The number of piperazine rings is 1. The molecule has 2 aliphatic rings. The standard InChI is InChI=1S/C18H29N5O2.ClH/c1-14(2)23-15(24)12-21(13-17(23,3)4)16(25)18(6-9-19-10-7-18)22-11-5-8-20-22;/h5,8,11,14,19H,6-7,9-10,12-13H2,1-4H3;1H. The zero-order valence-electron chi connectivity index (χ0n) is 16.1. The second kappa shape index (κ2) is 7.56. The summed E-state index contributed by atoms with van der Waals surface area (Å²) >= 11 is 0. The van der Waals surface area contributed by atoms with Crippen molar-refractivity contribution in [2.45, 2.75) is 57.7 Å². The summed E-state index contributed by atoms with van der Waals surface area (Å²) in [5.74, 6) is 0.0340. The van der Waals surface area contributed by atoms with Crippen LogP contribution in [0.2, 0.25) is 0 Å². The van der Waals surface area contributed by atoms with Crippen LogP contribution in [0.4, 0.5) is 0 Å². The maximum atomic E-state index is 13.5. The predicted octanol–water partition coefficient (Wildman–Crippen LogP) is 1.24. The Kier molecular flexibility index (Phi) is 6.02. The Bertz CT molecular complexity index is 638. The van der Waals surface area contributed by atoms with Crippen molar-refractivity contribution >= 4 is 24.2 Å². The van der Waals surface area contributed by atoms with Gasteiger partial charge in [-0.15, -0.1) is 12.4 Å². The summed E-state index contributed by atoms with van der Waals surface area (Å²) in [6, 6.07) is 1.97. The highest BCUT2D eigenvalue weighted by atomic mass is 35.5. The van der Waals surface area contributed by atoms with Crippen LogP contribution in [-0.2, 0) is 15.1 Å². The fourth-order valence-corrected chi connectivity index (χ4v) is 4.50. The molecule has 0 aromatic carbocycles. The van der Waals surface area contributed by atoms with Crippen molar-refractivity contribution < 1.29 is 9.59 Å². The largest absolute Gasteiger partial charge is 0.332 e. The van der Waals surface area contributed by atoms with Crippen LogP contribution in [0.25, 0.3) is 0 Å². The molecule has 0 spiro atoms. The lowest BCUT2D eigenvalue weighted by Gasteiger charge is -2.51. The molecule has 3 rings (SSSR count). The van der Waals surface area contributed by atoms with E-state index in [1.165, 1.54) is 0 Å². The number of nitrogens with one attached hydrogen (secondary N) is 1. The van der Waals surface area contributed by atoms with E-state index in [1.54, 1.807) is 15.8 Å². The van der Waals surface area contributed by atoms with Crippen LogP contribution in [0.5, 0.6) is 0 Å². The number of hydrogen-bond donors (Lipinski definition) is 1. The minimum atomic E-state index is -0.689. The van der Waals surface area contributed by atoms with E-state index in [2.05, 4.69) is 10.4 Å². The summed E-state index contributed by atoms with van der Waals surface area (Å²) in [5.41, 5.74) is -1.07. The van der Waals surface area contributed by atoms with Gasteiger partial charge in [0, 0.05) is 25.0 Å². The van der Waals surface area contributed by atoms with Crippen LogP contribution in [0.15, 0.2) is 18.5 Å². The van der Waals surface area contributed by atoms with E-state index in [0.717, 1.165) is 13.1 Å². The van der Waals surface area contributed by atoms with Crippen molar-refractivity contribution in [3.63, 3.8) is 0 Å². The van der Waals surface area contributed by atoms with E-state index in [1.807, 2.05) is 44.9 Å². The fourth-order valence-electron chi connectivity index (χ4n) is 4.50. The monoisotopic (exact) mass is 383 g/mol. The quantitative estimate of drug-likeness (QED) is 0.852. The minimum absolute atomic E-state index is 0. The predicted molar refractivity (Wildman–Crippen MR) is 102 cm³/mol. The Morgan fingerprint density at radius 2 is 1.92 bits per heavy atom. The SMILES string of the molecule is CC(C)N1C(=O)CN(C(=O)C2(n3cccn3)CCNCC2)CC1(C)C.Cl. The molecule has 3 heterocycles. The van der Waals surface area contributed by atoms with Gasteiger partial charge in [-0.25, -0.2) is 0 Å². The molecule has 2 fully saturated rings. The average molecular weight is 384 g/mol. The van der Waals surface area contributed by atoms with Crippen LogP contribution >= 0.6 is 12.4 Å². The summed E-state index contributed by atoms with van der Waals surface area (Å²) in [5, 5.41) is 7.69. The number of amides is 2. The number of hydrogen-bond acceptors (Lipinski definition) is 4. The molecular weight excluding hydrogens is 354 g/mol. The van der Waals surface area contributed by atoms with Crippen molar-refractivity contribution in [1.29, 1.82) is 0 Å². The van der Waals surface area contributed by atoms with Crippen LogP contribution < -0.4 is 5.32 Å². The second-order valence-corrected chi connectivity index (χ2v) is 8.06. The molecular formula is C18H30ClN5O2. The lowest BCUT2D eigenvalue weighted by molar-refractivity contribution is -0.161. The van der Waals surface area contributed by atoms with Crippen molar-refractivity contribution in [2.24, 2.45) is 0 Å². The highest BCUT2D eigenvalue weighted by molar-refractivity contribution is 5.90. The number of rotatable bonds is 3. The van der Waals surface area contributed by atoms with E-state index in [9.17, 15) is 9.59 Å². The van der Waals surface area contributed by atoms with Crippen molar-refractivity contribution in [3.05, 3.63) is 18.5 Å². The van der Waals surface area contributed by atoms with Crippen LogP contribution in [0, 0.1) is 0 Å². The van der Waals surface area contributed by atoms with E-state index < -0.39 is 5.54 Å². The molecule has 26 heavy (non-hydrogen) atoms. The van der Waals surface area contributed by atoms with Gasteiger partial charge in [-0.3, -0.25) is 14.3 Å². The molecule has 8 heteroatoms. The minimum Gasteiger partial charge on any atom is -0.332 e. The summed E-state index contributed by atoms with van der Waals surface area (Å²) in [7, 11) is 0. The number of aromatic nitrogens is 2. The highest BCUT2D eigenvalue weighted by Gasteiger charge is 2.49. The Balaban J connectivity index is 0.00000243.